The molecule has 0 aromatic heterocycles. The lowest BCUT2D eigenvalue weighted by Gasteiger charge is -2.25. The predicted octanol–water partition coefficient (Wildman–Crippen LogP) is 4.43. The molecule has 1 saturated carbocycles. The number of nitrogens with one attached hydrogen (secondary N) is 1. The molecule has 0 spiro atoms. The third kappa shape index (κ3) is 3.29. The van der Waals surface area contributed by atoms with Crippen molar-refractivity contribution in [3.63, 3.8) is 0 Å². The van der Waals surface area contributed by atoms with Gasteiger partial charge in [0.1, 0.15) is 5.82 Å². The molecule has 1 aromatic rings. The summed E-state index contributed by atoms with van der Waals surface area (Å²) in [6.07, 6.45) is 5.13. The Hall–Kier alpha value is -0.410. The fourth-order valence-electron chi connectivity index (χ4n) is 2.82. The van der Waals surface area contributed by atoms with Crippen LogP contribution >= 0.6 is 15.9 Å². The first-order chi connectivity index (χ1) is 8.20. The van der Waals surface area contributed by atoms with Gasteiger partial charge in [-0.2, -0.15) is 0 Å². The highest BCUT2D eigenvalue weighted by Gasteiger charge is 2.26. The number of benzene rings is 1. The lowest BCUT2D eigenvalue weighted by Crippen LogP contribution is -2.27. The number of hydrogen-bond donors (Lipinski definition) is 1. The van der Waals surface area contributed by atoms with Crippen LogP contribution in [0.2, 0.25) is 0 Å². The van der Waals surface area contributed by atoms with E-state index in [1.54, 1.807) is 6.07 Å². The van der Waals surface area contributed by atoms with E-state index in [4.69, 9.17) is 0 Å². The Kier molecular flexibility index (Phi) is 4.57. The zero-order valence-corrected chi connectivity index (χ0v) is 11.8. The molecule has 1 nitrogen and oxygen atoms in total. The first-order valence-electron chi connectivity index (χ1n) is 6.40. The minimum absolute atomic E-state index is 0.157. The highest BCUT2D eigenvalue weighted by atomic mass is 79.9. The van der Waals surface area contributed by atoms with Crippen molar-refractivity contribution in [2.24, 2.45) is 5.92 Å². The fraction of sp³-hybridized carbons (Fsp3) is 0.571. The first-order valence-corrected chi connectivity index (χ1v) is 7.19. The number of rotatable bonds is 4. The normalized spacial score (nSPS) is 18.5. The summed E-state index contributed by atoms with van der Waals surface area (Å²) in [4.78, 5) is 0. The van der Waals surface area contributed by atoms with Crippen molar-refractivity contribution < 1.29 is 4.39 Å². The predicted molar refractivity (Wildman–Crippen MR) is 72.5 cm³/mol. The maximum absolute atomic E-state index is 13.5. The molecule has 1 N–H and O–H groups in total. The molecule has 0 saturated heterocycles. The van der Waals surface area contributed by atoms with Crippen LogP contribution in [0.3, 0.4) is 0 Å². The summed E-state index contributed by atoms with van der Waals surface area (Å²) >= 11 is 3.37. The summed E-state index contributed by atoms with van der Waals surface area (Å²) in [7, 11) is 0. The molecule has 1 atom stereocenters. The Balaban J connectivity index is 2.24. The average molecular weight is 300 g/mol. The lowest BCUT2D eigenvalue weighted by atomic mass is 9.91. The Morgan fingerprint density at radius 1 is 1.35 bits per heavy atom. The molecule has 1 fully saturated rings. The van der Waals surface area contributed by atoms with Crippen molar-refractivity contribution >= 4 is 15.9 Å². The summed E-state index contributed by atoms with van der Waals surface area (Å²) < 4.78 is 14.3. The van der Waals surface area contributed by atoms with E-state index < -0.39 is 0 Å². The lowest BCUT2D eigenvalue weighted by molar-refractivity contribution is 0.373. The molecule has 3 heteroatoms. The number of hydrogen-bond acceptors (Lipinski definition) is 1. The highest BCUT2D eigenvalue weighted by molar-refractivity contribution is 9.10. The molecular formula is C14H19BrFN. The fourth-order valence-corrected chi connectivity index (χ4v) is 3.31. The number of halogens is 2. The van der Waals surface area contributed by atoms with Gasteiger partial charge in [-0.1, -0.05) is 35.7 Å². The monoisotopic (exact) mass is 299 g/mol. The smallest absolute Gasteiger partial charge is 0.124 e. The van der Waals surface area contributed by atoms with E-state index >= 15 is 0 Å². The second-order valence-electron chi connectivity index (χ2n) is 4.78. The van der Waals surface area contributed by atoms with Crippen molar-refractivity contribution in [1.29, 1.82) is 0 Å². The van der Waals surface area contributed by atoms with Crippen molar-refractivity contribution in [1.82, 2.24) is 5.32 Å². The minimum atomic E-state index is -0.157. The zero-order valence-electron chi connectivity index (χ0n) is 10.2. The molecule has 17 heavy (non-hydrogen) atoms. The SMILES string of the molecule is CCNC(c1cc(F)cc(Br)c1)C1CCCC1. The maximum atomic E-state index is 13.5. The molecule has 94 valence electrons. The summed E-state index contributed by atoms with van der Waals surface area (Å²) in [6, 6.07) is 5.52. The molecule has 0 radical (unpaired) electrons. The van der Waals surface area contributed by atoms with Crippen molar-refractivity contribution in [3.05, 3.63) is 34.1 Å². The van der Waals surface area contributed by atoms with E-state index in [2.05, 4.69) is 28.2 Å². The maximum Gasteiger partial charge on any atom is 0.124 e. The summed E-state index contributed by atoms with van der Waals surface area (Å²) in [5, 5.41) is 3.51. The molecule has 1 aliphatic rings. The summed E-state index contributed by atoms with van der Waals surface area (Å²) in [6.45, 7) is 3.03. The van der Waals surface area contributed by atoms with Gasteiger partial charge in [-0.15, -0.1) is 0 Å². The standard InChI is InChI=1S/C14H19BrFN/c1-2-17-14(10-5-3-4-6-10)11-7-12(15)9-13(16)8-11/h7-10,14,17H,2-6H2,1H3. The van der Waals surface area contributed by atoms with Gasteiger partial charge in [0.15, 0.2) is 0 Å². The van der Waals surface area contributed by atoms with Crippen LogP contribution < -0.4 is 5.32 Å². The van der Waals surface area contributed by atoms with E-state index in [1.165, 1.54) is 31.7 Å². The van der Waals surface area contributed by atoms with Crippen molar-refractivity contribution in [2.75, 3.05) is 6.54 Å². The third-order valence-electron chi connectivity index (χ3n) is 3.54. The largest absolute Gasteiger partial charge is 0.310 e. The van der Waals surface area contributed by atoms with Gasteiger partial charge in [0.05, 0.1) is 0 Å². The molecule has 0 aliphatic heterocycles. The van der Waals surface area contributed by atoms with Crippen molar-refractivity contribution in [2.45, 2.75) is 38.6 Å². The molecule has 2 rings (SSSR count). The molecule has 0 heterocycles. The minimum Gasteiger partial charge on any atom is -0.310 e. The van der Waals surface area contributed by atoms with Crippen LogP contribution in [0, 0.1) is 11.7 Å². The first kappa shape index (κ1) is 13.0. The van der Waals surface area contributed by atoms with Gasteiger partial charge in [-0.25, -0.2) is 4.39 Å². The molecule has 1 aliphatic carbocycles. The van der Waals surface area contributed by atoms with Gasteiger partial charge in [0, 0.05) is 10.5 Å². The Morgan fingerprint density at radius 3 is 2.65 bits per heavy atom. The van der Waals surface area contributed by atoms with Gasteiger partial charge in [0.2, 0.25) is 0 Å². The molecule has 0 bridgehead atoms. The van der Waals surface area contributed by atoms with Crippen molar-refractivity contribution in [3.8, 4) is 0 Å². The van der Waals surface area contributed by atoms with Crippen LogP contribution in [0.15, 0.2) is 22.7 Å². The average Bonchev–Trinajstić information content (AvgIpc) is 2.77. The third-order valence-corrected chi connectivity index (χ3v) is 4.00. The topological polar surface area (TPSA) is 12.0 Å². The van der Waals surface area contributed by atoms with Gasteiger partial charge in [-0.05, 0) is 49.1 Å². The van der Waals surface area contributed by atoms with Crippen LogP contribution in [0.5, 0.6) is 0 Å². The molecule has 0 amide bonds. The van der Waals surface area contributed by atoms with E-state index in [0.717, 1.165) is 16.6 Å². The van der Waals surface area contributed by atoms with Gasteiger partial charge >= 0.3 is 0 Å². The van der Waals surface area contributed by atoms with E-state index in [9.17, 15) is 4.39 Å². The van der Waals surface area contributed by atoms with Gasteiger partial charge in [0.25, 0.3) is 0 Å². The molecule has 1 aromatic carbocycles. The Morgan fingerprint density at radius 2 is 2.06 bits per heavy atom. The van der Waals surface area contributed by atoms with E-state index in [0.29, 0.717) is 12.0 Å². The van der Waals surface area contributed by atoms with Crippen LogP contribution in [0.1, 0.15) is 44.2 Å². The van der Waals surface area contributed by atoms with Crippen LogP contribution in [-0.4, -0.2) is 6.54 Å². The van der Waals surface area contributed by atoms with E-state index in [1.807, 2.05) is 6.07 Å². The van der Waals surface area contributed by atoms with Gasteiger partial charge in [-0.3, -0.25) is 0 Å². The summed E-state index contributed by atoms with van der Waals surface area (Å²) in [5.41, 5.74) is 1.07. The quantitative estimate of drug-likeness (QED) is 0.867. The Labute approximate surface area is 111 Å². The molecule has 1 unspecified atom stereocenters. The van der Waals surface area contributed by atoms with Crippen LogP contribution in [0.4, 0.5) is 4.39 Å². The van der Waals surface area contributed by atoms with E-state index in [-0.39, 0.29) is 5.82 Å². The van der Waals surface area contributed by atoms with Gasteiger partial charge < -0.3 is 5.32 Å². The zero-order chi connectivity index (χ0) is 12.3. The second-order valence-corrected chi connectivity index (χ2v) is 5.70. The Bertz CT molecular complexity index is 354. The highest BCUT2D eigenvalue weighted by Crippen LogP contribution is 2.36. The van der Waals surface area contributed by atoms with Crippen LogP contribution in [0.25, 0.3) is 0 Å². The van der Waals surface area contributed by atoms with Crippen LogP contribution in [-0.2, 0) is 0 Å². The second kappa shape index (κ2) is 5.96. The molecular weight excluding hydrogens is 281 g/mol. The summed E-state index contributed by atoms with van der Waals surface area (Å²) in [5.74, 6) is 0.499.